The SMILES string of the molecule is CCNC(=O)CN(C)c1cc(Cl)nc(-c2ccccc2)n1. The Morgan fingerprint density at radius 3 is 2.67 bits per heavy atom. The number of likely N-dealkylation sites (N-methyl/N-ethyl adjacent to an activating group) is 2. The van der Waals surface area contributed by atoms with Crippen molar-refractivity contribution in [3.8, 4) is 11.4 Å². The second kappa shape index (κ2) is 7.04. The van der Waals surface area contributed by atoms with Crippen LogP contribution in [-0.4, -0.2) is 36.0 Å². The van der Waals surface area contributed by atoms with Crippen LogP contribution >= 0.6 is 11.6 Å². The van der Waals surface area contributed by atoms with Crippen LogP contribution in [-0.2, 0) is 4.79 Å². The van der Waals surface area contributed by atoms with Gasteiger partial charge in [0.05, 0.1) is 6.54 Å². The van der Waals surface area contributed by atoms with Crippen molar-refractivity contribution in [2.45, 2.75) is 6.92 Å². The number of rotatable bonds is 5. The molecule has 2 aromatic rings. The fourth-order valence-electron chi connectivity index (χ4n) is 1.87. The van der Waals surface area contributed by atoms with Gasteiger partial charge in [-0.25, -0.2) is 9.97 Å². The van der Waals surface area contributed by atoms with Crippen molar-refractivity contribution in [3.05, 3.63) is 41.6 Å². The predicted octanol–water partition coefficient (Wildman–Crippen LogP) is 2.37. The van der Waals surface area contributed by atoms with Gasteiger partial charge in [0.25, 0.3) is 0 Å². The van der Waals surface area contributed by atoms with Crippen LogP contribution in [0.1, 0.15) is 6.92 Å². The van der Waals surface area contributed by atoms with Crippen LogP contribution in [0.25, 0.3) is 11.4 Å². The van der Waals surface area contributed by atoms with Crippen molar-refractivity contribution >= 4 is 23.3 Å². The summed E-state index contributed by atoms with van der Waals surface area (Å²) >= 11 is 6.06. The van der Waals surface area contributed by atoms with Gasteiger partial charge in [-0.2, -0.15) is 0 Å². The van der Waals surface area contributed by atoms with Gasteiger partial charge < -0.3 is 10.2 Å². The normalized spacial score (nSPS) is 10.2. The zero-order valence-corrected chi connectivity index (χ0v) is 12.8. The number of carbonyl (C=O) groups is 1. The molecule has 0 aliphatic heterocycles. The lowest BCUT2D eigenvalue weighted by molar-refractivity contribution is -0.119. The van der Waals surface area contributed by atoms with Crippen molar-refractivity contribution in [2.75, 3.05) is 25.0 Å². The number of nitrogens with zero attached hydrogens (tertiary/aromatic N) is 3. The standard InChI is InChI=1S/C15H17ClN4O/c1-3-17-14(21)10-20(2)13-9-12(16)18-15(19-13)11-7-5-4-6-8-11/h4-9H,3,10H2,1-2H3,(H,17,21). The van der Waals surface area contributed by atoms with E-state index in [1.54, 1.807) is 18.0 Å². The van der Waals surface area contributed by atoms with E-state index >= 15 is 0 Å². The number of aromatic nitrogens is 2. The van der Waals surface area contributed by atoms with Crippen LogP contribution in [0.2, 0.25) is 5.15 Å². The molecule has 0 atom stereocenters. The molecule has 0 aliphatic rings. The molecule has 0 saturated heterocycles. The molecule has 21 heavy (non-hydrogen) atoms. The van der Waals surface area contributed by atoms with Crippen molar-refractivity contribution in [1.29, 1.82) is 0 Å². The molecule has 6 heteroatoms. The average Bonchev–Trinajstić information content (AvgIpc) is 2.47. The number of amides is 1. The second-order valence-corrected chi connectivity index (χ2v) is 4.94. The third-order valence-electron chi connectivity index (χ3n) is 2.86. The van der Waals surface area contributed by atoms with E-state index in [0.29, 0.717) is 23.3 Å². The van der Waals surface area contributed by atoms with Gasteiger partial charge in [-0.1, -0.05) is 41.9 Å². The summed E-state index contributed by atoms with van der Waals surface area (Å²) in [6.45, 7) is 2.70. The fourth-order valence-corrected chi connectivity index (χ4v) is 2.04. The number of nitrogens with one attached hydrogen (secondary N) is 1. The molecule has 1 aromatic carbocycles. The Hall–Kier alpha value is -2.14. The first-order valence-electron chi connectivity index (χ1n) is 6.68. The highest BCUT2D eigenvalue weighted by molar-refractivity contribution is 6.29. The van der Waals surface area contributed by atoms with Crippen LogP contribution in [0.4, 0.5) is 5.82 Å². The van der Waals surface area contributed by atoms with Gasteiger partial charge >= 0.3 is 0 Å². The van der Waals surface area contributed by atoms with Crippen LogP contribution in [0.3, 0.4) is 0 Å². The molecular weight excluding hydrogens is 288 g/mol. The maximum atomic E-state index is 11.6. The van der Waals surface area contributed by atoms with Gasteiger partial charge in [-0.05, 0) is 6.92 Å². The second-order valence-electron chi connectivity index (χ2n) is 4.55. The van der Waals surface area contributed by atoms with Crippen molar-refractivity contribution in [3.63, 3.8) is 0 Å². The first-order chi connectivity index (χ1) is 10.1. The molecule has 0 aliphatic carbocycles. The van der Waals surface area contributed by atoms with Crippen LogP contribution in [0, 0.1) is 0 Å². The highest BCUT2D eigenvalue weighted by Crippen LogP contribution is 2.21. The van der Waals surface area contributed by atoms with Crippen molar-refractivity contribution < 1.29 is 4.79 Å². The predicted molar refractivity (Wildman–Crippen MR) is 84.4 cm³/mol. The Morgan fingerprint density at radius 2 is 2.00 bits per heavy atom. The van der Waals surface area contributed by atoms with Crippen LogP contribution in [0.15, 0.2) is 36.4 Å². The summed E-state index contributed by atoms with van der Waals surface area (Å²) in [5.74, 6) is 1.09. The van der Waals surface area contributed by atoms with Gasteiger partial charge in [0.15, 0.2) is 5.82 Å². The highest BCUT2D eigenvalue weighted by atomic mass is 35.5. The van der Waals surface area contributed by atoms with E-state index in [9.17, 15) is 4.79 Å². The smallest absolute Gasteiger partial charge is 0.239 e. The van der Waals surface area contributed by atoms with Crippen LogP contribution < -0.4 is 10.2 Å². The molecule has 1 heterocycles. The summed E-state index contributed by atoms with van der Waals surface area (Å²) in [4.78, 5) is 22.1. The van der Waals surface area contributed by atoms with E-state index in [1.165, 1.54) is 0 Å². The lowest BCUT2D eigenvalue weighted by Gasteiger charge is -2.18. The summed E-state index contributed by atoms with van der Waals surface area (Å²) in [5, 5.41) is 3.10. The molecule has 0 saturated carbocycles. The Bertz CT molecular complexity index is 618. The number of hydrogen-bond acceptors (Lipinski definition) is 4. The monoisotopic (exact) mass is 304 g/mol. The molecule has 1 aromatic heterocycles. The third-order valence-corrected chi connectivity index (χ3v) is 3.05. The maximum absolute atomic E-state index is 11.6. The Labute approximate surface area is 129 Å². The summed E-state index contributed by atoms with van der Waals surface area (Å²) < 4.78 is 0. The third kappa shape index (κ3) is 4.16. The van der Waals surface area contributed by atoms with Crippen molar-refractivity contribution in [2.24, 2.45) is 0 Å². The maximum Gasteiger partial charge on any atom is 0.239 e. The average molecular weight is 305 g/mol. The molecule has 1 amide bonds. The molecule has 0 bridgehead atoms. The van der Waals surface area contributed by atoms with Gasteiger partial charge in [0.1, 0.15) is 11.0 Å². The van der Waals surface area contributed by atoms with E-state index in [2.05, 4.69) is 15.3 Å². The minimum atomic E-state index is -0.0593. The molecule has 0 radical (unpaired) electrons. The quantitative estimate of drug-likeness (QED) is 0.862. The fraction of sp³-hybridized carbons (Fsp3) is 0.267. The summed E-state index contributed by atoms with van der Waals surface area (Å²) in [5.41, 5.74) is 0.882. The van der Waals surface area contributed by atoms with Crippen molar-refractivity contribution in [1.82, 2.24) is 15.3 Å². The van der Waals surface area contributed by atoms with E-state index in [1.807, 2.05) is 37.3 Å². The summed E-state index contributed by atoms with van der Waals surface area (Å²) in [6.07, 6.45) is 0. The van der Waals surface area contributed by atoms with Gasteiger partial charge in [0, 0.05) is 25.2 Å². The zero-order valence-electron chi connectivity index (χ0n) is 12.0. The van der Waals surface area contributed by atoms with E-state index in [-0.39, 0.29) is 12.5 Å². The van der Waals surface area contributed by atoms with Crippen LogP contribution in [0.5, 0.6) is 0 Å². The lowest BCUT2D eigenvalue weighted by Crippen LogP contribution is -2.35. The van der Waals surface area contributed by atoms with E-state index in [0.717, 1.165) is 5.56 Å². The molecule has 0 fully saturated rings. The summed E-state index contributed by atoms with van der Waals surface area (Å²) in [7, 11) is 1.79. The molecular formula is C15H17ClN4O. The molecule has 0 unspecified atom stereocenters. The van der Waals surface area contributed by atoms with Gasteiger partial charge in [0.2, 0.25) is 5.91 Å². The molecule has 110 valence electrons. The topological polar surface area (TPSA) is 58.1 Å². The number of hydrogen-bond donors (Lipinski definition) is 1. The largest absolute Gasteiger partial charge is 0.355 e. The number of anilines is 1. The van der Waals surface area contributed by atoms with E-state index in [4.69, 9.17) is 11.6 Å². The zero-order chi connectivity index (χ0) is 15.2. The minimum absolute atomic E-state index is 0.0593. The number of benzene rings is 1. The van der Waals surface area contributed by atoms with E-state index < -0.39 is 0 Å². The first kappa shape index (κ1) is 15.3. The lowest BCUT2D eigenvalue weighted by atomic mass is 10.2. The Balaban J connectivity index is 2.25. The highest BCUT2D eigenvalue weighted by Gasteiger charge is 2.11. The molecule has 2 rings (SSSR count). The molecule has 1 N–H and O–H groups in total. The Morgan fingerprint density at radius 1 is 1.29 bits per heavy atom. The summed E-state index contributed by atoms with van der Waals surface area (Å²) in [6, 6.07) is 11.2. The van der Waals surface area contributed by atoms with Gasteiger partial charge in [-0.3, -0.25) is 4.79 Å². The minimum Gasteiger partial charge on any atom is -0.355 e. The molecule has 5 nitrogen and oxygen atoms in total. The number of carbonyl (C=O) groups excluding carboxylic acids is 1. The van der Waals surface area contributed by atoms with Gasteiger partial charge in [-0.15, -0.1) is 0 Å². The number of halogens is 1. The first-order valence-corrected chi connectivity index (χ1v) is 7.05. The molecule has 0 spiro atoms. The Kier molecular flexibility index (Phi) is 5.11.